The van der Waals surface area contributed by atoms with Crippen LogP contribution in [0.5, 0.6) is 5.75 Å². The van der Waals surface area contributed by atoms with E-state index in [9.17, 15) is 4.79 Å². The molecule has 0 N–H and O–H groups in total. The van der Waals surface area contributed by atoms with Gasteiger partial charge in [-0.1, -0.05) is 29.3 Å². The fourth-order valence-corrected chi connectivity index (χ4v) is 3.43. The molecule has 1 aliphatic heterocycles. The van der Waals surface area contributed by atoms with Gasteiger partial charge >= 0.3 is 0 Å². The Hall–Kier alpha value is -2.17. The molecule has 1 aliphatic rings. The minimum absolute atomic E-state index is 0.0321. The van der Waals surface area contributed by atoms with Crippen LogP contribution in [0.15, 0.2) is 48.5 Å². The Labute approximate surface area is 163 Å². The smallest absolute Gasteiger partial charge is 0.246 e. The molecule has 26 heavy (non-hydrogen) atoms. The summed E-state index contributed by atoms with van der Waals surface area (Å²) in [6.45, 7) is 2.93. The van der Waals surface area contributed by atoms with Crippen LogP contribution in [0.1, 0.15) is 5.56 Å². The predicted octanol–water partition coefficient (Wildman–Crippen LogP) is 4.36. The third-order valence-electron chi connectivity index (χ3n) is 4.42. The van der Waals surface area contributed by atoms with E-state index in [1.54, 1.807) is 31.4 Å². The molecule has 1 saturated heterocycles. The standard InChI is InChI=1S/C20H20Cl2N2O2/c1-26-16-7-5-15(6-8-16)23-11-13-24(14-12-23)20(25)10-9-17-18(21)3-2-4-19(17)22/h2-10H,11-14H2,1H3/b10-9+. The fraction of sp³-hybridized carbons (Fsp3) is 0.250. The number of carbonyl (C=O) groups excluding carboxylic acids is 1. The third-order valence-corrected chi connectivity index (χ3v) is 5.08. The molecule has 2 aromatic carbocycles. The van der Waals surface area contributed by atoms with Crippen LogP contribution in [0.3, 0.4) is 0 Å². The molecule has 6 heteroatoms. The number of ether oxygens (including phenoxy) is 1. The van der Waals surface area contributed by atoms with Crippen LogP contribution >= 0.6 is 23.2 Å². The highest BCUT2D eigenvalue weighted by molar-refractivity contribution is 6.37. The fourth-order valence-electron chi connectivity index (χ4n) is 2.91. The van der Waals surface area contributed by atoms with Crippen molar-refractivity contribution in [3.05, 3.63) is 64.1 Å². The first-order valence-electron chi connectivity index (χ1n) is 8.38. The van der Waals surface area contributed by atoms with Gasteiger partial charge in [-0.05, 0) is 42.5 Å². The third kappa shape index (κ3) is 4.32. The van der Waals surface area contributed by atoms with Crippen molar-refractivity contribution in [2.75, 3.05) is 38.2 Å². The van der Waals surface area contributed by atoms with E-state index in [0.717, 1.165) is 24.5 Å². The lowest BCUT2D eigenvalue weighted by Gasteiger charge is -2.35. The zero-order chi connectivity index (χ0) is 18.5. The molecule has 1 heterocycles. The summed E-state index contributed by atoms with van der Waals surface area (Å²) in [7, 11) is 1.66. The monoisotopic (exact) mass is 390 g/mol. The molecule has 0 aromatic heterocycles. The molecule has 0 aliphatic carbocycles. The van der Waals surface area contributed by atoms with Crippen molar-refractivity contribution in [3.63, 3.8) is 0 Å². The quantitative estimate of drug-likeness (QED) is 0.726. The molecule has 0 spiro atoms. The van der Waals surface area contributed by atoms with Crippen LogP contribution in [-0.4, -0.2) is 44.1 Å². The summed E-state index contributed by atoms with van der Waals surface area (Å²) in [6.07, 6.45) is 3.22. The molecule has 4 nitrogen and oxygen atoms in total. The first kappa shape index (κ1) is 18.6. The SMILES string of the molecule is COc1ccc(N2CCN(C(=O)/C=C/c3c(Cl)cccc3Cl)CC2)cc1. The summed E-state index contributed by atoms with van der Waals surface area (Å²) in [5, 5.41) is 1.07. The Morgan fingerprint density at radius 1 is 1.00 bits per heavy atom. The van der Waals surface area contributed by atoms with E-state index in [1.807, 2.05) is 29.2 Å². The number of carbonyl (C=O) groups is 1. The average Bonchev–Trinajstić information content (AvgIpc) is 2.67. The topological polar surface area (TPSA) is 32.8 Å². The van der Waals surface area contributed by atoms with Crippen molar-refractivity contribution < 1.29 is 9.53 Å². The number of nitrogens with zero attached hydrogens (tertiary/aromatic N) is 2. The number of piperazine rings is 1. The molecule has 2 aromatic rings. The molecule has 3 rings (SSSR count). The average molecular weight is 391 g/mol. The zero-order valence-electron chi connectivity index (χ0n) is 14.5. The summed E-state index contributed by atoms with van der Waals surface area (Å²) in [5.41, 5.74) is 1.80. The molecule has 0 atom stereocenters. The molecular weight excluding hydrogens is 371 g/mol. The summed E-state index contributed by atoms with van der Waals surface area (Å²) in [6, 6.07) is 13.3. The minimum Gasteiger partial charge on any atom is -0.497 e. The van der Waals surface area contributed by atoms with E-state index in [1.165, 1.54) is 6.08 Å². The number of rotatable bonds is 4. The highest BCUT2D eigenvalue weighted by atomic mass is 35.5. The molecular formula is C20H20Cl2N2O2. The summed E-state index contributed by atoms with van der Waals surface area (Å²) < 4.78 is 5.19. The molecule has 1 fully saturated rings. The van der Waals surface area contributed by atoms with Crippen LogP contribution in [0, 0.1) is 0 Å². The normalized spacial score (nSPS) is 14.7. The van der Waals surface area contributed by atoms with Crippen molar-refractivity contribution in [1.82, 2.24) is 4.90 Å². The van der Waals surface area contributed by atoms with Crippen LogP contribution in [0.4, 0.5) is 5.69 Å². The summed E-state index contributed by atoms with van der Waals surface area (Å²) >= 11 is 12.3. The van der Waals surface area contributed by atoms with Crippen LogP contribution in [0.2, 0.25) is 10.0 Å². The number of benzene rings is 2. The second-order valence-electron chi connectivity index (χ2n) is 5.98. The first-order chi connectivity index (χ1) is 12.6. The van der Waals surface area contributed by atoms with Crippen LogP contribution in [-0.2, 0) is 4.79 Å². The van der Waals surface area contributed by atoms with Crippen molar-refractivity contribution >= 4 is 40.9 Å². The molecule has 0 bridgehead atoms. The van der Waals surface area contributed by atoms with Gasteiger partial charge in [0.05, 0.1) is 7.11 Å². The predicted molar refractivity (Wildman–Crippen MR) is 107 cm³/mol. The molecule has 0 radical (unpaired) electrons. The summed E-state index contributed by atoms with van der Waals surface area (Å²) in [5.74, 6) is 0.807. The van der Waals surface area contributed by atoms with Crippen LogP contribution in [0.25, 0.3) is 6.08 Å². The minimum atomic E-state index is -0.0321. The van der Waals surface area contributed by atoms with Gasteiger partial charge in [0.2, 0.25) is 5.91 Å². The number of halogens is 2. The maximum Gasteiger partial charge on any atom is 0.246 e. The van der Waals surface area contributed by atoms with Gasteiger partial charge in [-0.3, -0.25) is 4.79 Å². The van der Waals surface area contributed by atoms with Gasteiger partial charge in [0, 0.05) is 53.6 Å². The second-order valence-corrected chi connectivity index (χ2v) is 6.79. The number of methoxy groups -OCH3 is 1. The molecule has 0 unspecified atom stereocenters. The van der Waals surface area contributed by atoms with Gasteiger partial charge < -0.3 is 14.5 Å². The highest BCUT2D eigenvalue weighted by Gasteiger charge is 2.20. The maximum atomic E-state index is 12.4. The van der Waals surface area contributed by atoms with Crippen molar-refractivity contribution in [2.45, 2.75) is 0 Å². The van der Waals surface area contributed by atoms with Gasteiger partial charge in [-0.2, -0.15) is 0 Å². The maximum absolute atomic E-state index is 12.4. The zero-order valence-corrected chi connectivity index (χ0v) is 16.0. The van der Waals surface area contributed by atoms with E-state index in [4.69, 9.17) is 27.9 Å². The van der Waals surface area contributed by atoms with Gasteiger partial charge in [0.25, 0.3) is 0 Å². The lowest BCUT2D eigenvalue weighted by molar-refractivity contribution is -0.126. The van der Waals surface area contributed by atoms with E-state index < -0.39 is 0 Å². The largest absolute Gasteiger partial charge is 0.497 e. The van der Waals surface area contributed by atoms with Crippen molar-refractivity contribution in [2.24, 2.45) is 0 Å². The number of amides is 1. The Morgan fingerprint density at radius 2 is 1.62 bits per heavy atom. The number of anilines is 1. The Bertz CT molecular complexity index is 778. The second kappa shape index (κ2) is 8.47. The van der Waals surface area contributed by atoms with E-state index in [0.29, 0.717) is 28.7 Å². The van der Waals surface area contributed by atoms with Crippen molar-refractivity contribution in [3.8, 4) is 5.75 Å². The van der Waals surface area contributed by atoms with E-state index in [2.05, 4.69) is 4.90 Å². The molecule has 0 saturated carbocycles. The van der Waals surface area contributed by atoms with Crippen molar-refractivity contribution in [1.29, 1.82) is 0 Å². The Morgan fingerprint density at radius 3 is 2.19 bits per heavy atom. The van der Waals surface area contributed by atoms with Gasteiger partial charge in [0.15, 0.2) is 0 Å². The molecule has 1 amide bonds. The van der Waals surface area contributed by atoms with Crippen LogP contribution < -0.4 is 9.64 Å². The van der Waals surface area contributed by atoms with E-state index >= 15 is 0 Å². The first-order valence-corrected chi connectivity index (χ1v) is 9.14. The van der Waals surface area contributed by atoms with Gasteiger partial charge in [0.1, 0.15) is 5.75 Å². The summed E-state index contributed by atoms with van der Waals surface area (Å²) in [4.78, 5) is 16.5. The Balaban J connectivity index is 1.59. The number of hydrogen-bond acceptors (Lipinski definition) is 3. The Kier molecular flexibility index (Phi) is 6.07. The lowest BCUT2D eigenvalue weighted by atomic mass is 10.2. The van der Waals surface area contributed by atoms with Gasteiger partial charge in [-0.25, -0.2) is 0 Å². The molecule has 136 valence electrons. The van der Waals surface area contributed by atoms with Gasteiger partial charge in [-0.15, -0.1) is 0 Å². The van der Waals surface area contributed by atoms with E-state index in [-0.39, 0.29) is 5.91 Å². The lowest BCUT2D eigenvalue weighted by Crippen LogP contribution is -2.48. The highest BCUT2D eigenvalue weighted by Crippen LogP contribution is 2.25. The number of hydrogen-bond donors (Lipinski definition) is 0.